The Balaban J connectivity index is 1.52. The molecule has 10 heteroatoms. The molecule has 7 nitrogen and oxygen atoms in total. The molecule has 1 aromatic heterocycles. The van der Waals surface area contributed by atoms with Crippen LogP contribution < -0.4 is 10.1 Å². The van der Waals surface area contributed by atoms with Crippen LogP contribution in [0.5, 0.6) is 5.75 Å². The van der Waals surface area contributed by atoms with Crippen molar-refractivity contribution in [2.45, 2.75) is 31.4 Å². The number of methoxy groups -OCH3 is 1. The van der Waals surface area contributed by atoms with Gasteiger partial charge in [-0.25, -0.2) is 0 Å². The van der Waals surface area contributed by atoms with Crippen LogP contribution in [0.1, 0.15) is 40.5 Å². The van der Waals surface area contributed by atoms with E-state index in [9.17, 15) is 22.8 Å². The SMILES string of the molecule is COc1ccccc1CC(=O)N1CCC(c2cc(C(=O)NCC(F)(F)F)n[nH]2)CC1. The monoisotopic (exact) mass is 424 g/mol. The van der Waals surface area contributed by atoms with Crippen LogP contribution in [0, 0.1) is 0 Å². The molecule has 1 fully saturated rings. The summed E-state index contributed by atoms with van der Waals surface area (Å²) in [6.07, 6.45) is -2.88. The minimum Gasteiger partial charge on any atom is -0.496 e. The van der Waals surface area contributed by atoms with Crippen molar-refractivity contribution in [3.8, 4) is 5.75 Å². The minimum absolute atomic E-state index is 0.00905. The highest BCUT2D eigenvalue weighted by molar-refractivity contribution is 5.92. The third kappa shape index (κ3) is 5.52. The minimum atomic E-state index is -4.47. The van der Waals surface area contributed by atoms with Crippen LogP contribution in [-0.4, -0.2) is 59.8 Å². The molecule has 0 saturated carbocycles. The number of H-pyrrole nitrogens is 1. The summed E-state index contributed by atoms with van der Waals surface area (Å²) >= 11 is 0. The number of piperidine rings is 1. The van der Waals surface area contributed by atoms with Crippen LogP contribution in [0.3, 0.4) is 0 Å². The highest BCUT2D eigenvalue weighted by atomic mass is 19.4. The smallest absolute Gasteiger partial charge is 0.405 e. The Kier molecular flexibility index (Phi) is 6.63. The lowest BCUT2D eigenvalue weighted by molar-refractivity contribution is -0.131. The number of aromatic nitrogens is 2. The maximum absolute atomic E-state index is 12.6. The van der Waals surface area contributed by atoms with Crippen LogP contribution in [0.2, 0.25) is 0 Å². The zero-order valence-corrected chi connectivity index (χ0v) is 16.5. The van der Waals surface area contributed by atoms with Gasteiger partial charge in [-0.3, -0.25) is 14.7 Å². The van der Waals surface area contributed by atoms with Gasteiger partial charge >= 0.3 is 6.18 Å². The molecule has 1 aromatic carbocycles. The molecule has 2 aromatic rings. The molecule has 0 atom stereocenters. The Hall–Kier alpha value is -3.04. The first-order valence-corrected chi connectivity index (χ1v) is 9.56. The number of hydrogen-bond donors (Lipinski definition) is 2. The summed E-state index contributed by atoms with van der Waals surface area (Å²) in [6.45, 7) is -0.304. The Morgan fingerprint density at radius 2 is 1.97 bits per heavy atom. The summed E-state index contributed by atoms with van der Waals surface area (Å²) < 4.78 is 42.0. The predicted molar refractivity (Wildman–Crippen MR) is 102 cm³/mol. The van der Waals surface area contributed by atoms with Gasteiger partial charge < -0.3 is 15.0 Å². The summed E-state index contributed by atoms with van der Waals surface area (Å²) in [7, 11) is 1.57. The number of carbonyl (C=O) groups excluding carboxylic acids is 2. The lowest BCUT2D eigenvalue weighted by Crippen LogP contribution is -2.38. The van der Waals surface area contributed by atoms with Crippen LogP contribution in [0.4, 0.5) is 13.2 Å². The van der Waals surface area contributed by atoms with Gasteiger partial charge in [-0.05, 0) is 25.0 Å². The molecule has 30 heavy (non-hydrogen) atoms. The van der Waals surface area contributed by atoms with Crippen LogP contribution in [0.15, 0.2) is 30.3 Å². The average Bonchev–Trinajstić information content (AvgIpc) is 3.22. The molecule has 0 bridgehead atoms. The normalized spacial score (nSPS) is 15.1. The quantitative estimate of drug-likeness (QED) is 0.747. The van der Waals surface area contributed by atoms with Gasteiger partial charge in [0.1, 0.15) is 18.0 Å². The number of likely N-dealkylation sites (tertiary alicyclic amines) is 1. The van der Waals surface area contributed by atoms with Gasteiger partial charge in [0.25, 0.3) is 5.91 Å². The van der Waals surface area contributed by atoms with E-state index in [1.165, 1.54) is 6.07 Å². The standard InChI is InChI=1S/C20H23F3N4O3/c1-30-17-5-3-2-4-14(17)10-18(28)27-8-6-13(7-9-27)15-11-16(26-25-15)19(29)24-12-20(21,22)23/h2-5,11,13H,6-10,12H2,1H3,(H,24,29)(H,25,26). The molecule has 1 aliphatic rings. The molecule has 2 N–H and O–H groups in total. The van der Waals surface area contributed by atoms with Crippen molar-refractivity contribution in [1.29, 1.82) is 0 Å². The molecule has 162 valence electrons. The topological polar surface area (TPSA) is 87.3 Å². The molecule has 0 spiro atoms. The Morgan fingerprint density at radius 3 is 2.63 bits per heavy atom. The predicted octanol–water partition coefficient (Wildman–Crippen LogP) is 2.66. The van der Waals surface area contributed by atoms with Gasteiger partial charge in [0.2, 0.25) is 5.91 Å². The lowest BCUT2D eigenvalue weighted by Gasteiger charge is -2.31. The van der Waals surface area contributed by atoms with Crippen LogP contribution in [0.25, 0.3) is 0 Å². The number of benzene rings is 1. The molecule has 0 unspecified atom stereocenters. The number of alkyl halides is 3. The molecular formula is C20H23F3N4O3. The van der Waals surface area contributed by atoms with Crippen molar-refractivity contribution in [3.05, 3.63) is 47.3 Å². The first kappa shape index (κ1) is 21.7. The Morgan fingerprint density at radius 1 is 1.27 bits per heavy atom. The Labute approximate surface area is 171 Å². The number of amides is 2. The molecule has 2 amide bonds. The van der Waals surface area contributed by atoms with E-state index in [0.29, 0.717) is 37.4 Å². The van der Waals surface area contributed by atoms with Crippen molar-refractivity contribution >= 4 is 11.8 Å². The number of aromatic amines is 1. The number of carbonyl (C=O) groups is 2. The van der Waals surface area contributed by atoms with Gasteiger partial charge in [0.15, 0.2) is 0 Å². The molecular weight excluding hydrogens is 401 g/mol. The second-order valence-corrected chi connectivity index (χ2v) is 7.15. The van der Waals surface area contributed by atoms with Crippen molar-refractivity contribution < 1.29 is 27.5 Å². The number of ether oxygens (including phenoxy) is 1. The van der Waals surface area contributed by atoms with E-state index in [1.807, 2.05) is 24.3 Å². The molecule has 2 heterocycles. The molecule has 0 aliphatic carbocycles. The van der Waals surface area contributed by atoms with Crippen molar-refractivity contribution in [2.75, 3.05) is 26.7 Å². The first-order chi connectivity index (χ1) is 14.3. The van der Waals surface area contributed by atoms with Crippen molar-refractivity contribution in [1.82, 2.24) is 20.4 Å². The average molecular weight is 424 g/mol. The molecule has 1 saturated heterocycles. The summed E-state index contributed by atoms with van der Waals surface area (Å²) in [4.78, 5) is 26.2. The van der Waals surface area contributed by atoms with Gasteiger partial charge in [-0.1, -0.05) is 18.2 Å². The highest BCUT2D eigenvalue weighted by Gasteiger charge is 2.29. The summed E-state index contributed by atoms with van der Waals surface area (Å²) in [5.41, 5.74) is 1.43. The van der Waals surface area contributed by atoms with E-state index in [1.54, 1.807) is 17.3 Å². The Bertz CT molecular complexity index is 889. The lowest BCUT2D eigenvalue weighted by atomic mass is 9.93. The maximum Gasteiger partial charge on any atom is 0.405 e. The van der Waals surface area contributed by atoms with E-state index < -0.39 is 18.6 Å². The zero-order valence-electron chi connectivity index (χ0n) is 16.5. The number of halogens is 3. The van der Waals surface area contributed by atoms with Gasteiger partial charge in [-0.15, -0.1) is 0 Å². The number of hydrogen-bond acceptors (Lipinski definition) is 4. The largest absolute Gasteiger partial charge is 0.496 e. The second-order valence-electron chi connectivity index (χ2n) is 7.15. The van der Waals surface area contributed by atoms with E-state index in [-0.39, 0.29) is 23.9 Å². The number of nitrogens with zero attached hydrogens (tertiary/aromatic N) is 2. The first-order valence-electron chi connectivity index (χ1n) is 9.56. The number of para-hydroxylation sites is 1. The number of nitrogens with one attached hydrogen (secondary N) is 2. The fourth-order valence-corrected chi connectivity index (χ4v) is 3.50. The fourth-order valence-electron chi connectivity index (χ4n) is 3.50. The van der Waals surface area contributed by atoms with E-state index in [4.69, 9.17) is 4.74 Å². The van der Waals surface area contributed by atoms with Crippen LogP contribution in [-0.2, 0) is 11.2 Å². The van der Waals surface area contributed by atoms with Crippen molar-refractivity contribution in [2.24, 2.45) is 0 Å². The summed E-state index contributed by atoms with van der Waals surface area (Å²) in [5.74, 6) is -0.138. The third-order valence-corrected chi connectivity index (χ3v) is 5.10. The second kappa shape index (κ2) is 9.19. The molecule has 1 aliphatic heterocycles. The van der Waals surface area contributed by atoms with Crippen molar-refractivity contribution in [3.63, 3.8) is 0 Å². The third-order valence-electron chi connectivity index (χ3n) is 5.10. The van der Waals surface area contributed by atoms with E-state index in [2.05, 4.69) is 10.2 Å². The summed E-state index contributed by atoms with van der Waals surface area (Å²) in [5, 5.41) is 8.36. The zero-order chi connectivity index (χ0) is 21.7. The molecule has 0 radical (unpaired) electrons. The fraction of sp³-hybridized carbons (Fsp3) is 0.450. The maximum atomic E-state index is 12.6. The number of rotatable bonds is 6. The van der Waals surface area contributed by atoms with Gasteiger partial charge in [0.05, 0.1) is 13.5 Å². The van der Waals surface area contributed by atoms with Gasteiger partial charge in [-0.2, -0.15) is 18.3 Å². The van der Waals surface area contributed by atoms with Gasteiger partial charge in [0, 0.05) is 30.3 Å². The highest BCUT2D eigenvalue weighted by Crippen LogP contribution is 2.28. The van der Waals surface area contributed by atoms with E-state index in [0.717, 1.165) is 5.56 Å². The van der Waals surface area contributed by atoms with E-state index >= 15 is 0 Å². The van der Waals surface area contributed by atoms with Crippen LogP contribution >= 0.6 is 0 Å². The molecule has 3 rings (SSSR count). The summed E-state index contributed by atoms with van der Waals surface area (Å²) in [6, 6.07) is 8.86.